The summed E-state index contributed by atoms with van der Waals surface area (Å²) in [4.78, 5) is 18.6. The van der Waals surface area contributed by atoms with Crippen LogP contribution in [-0.2, 0) is 0 Å². The molecule has 2 aromatic carbocycles. The molecule has 1 saturated heterocycles. The van der Waals surface area contributed by atoms with Crippen molar-refractivity contribution in [2.45, 2.75) is 32.2 Å². The molecule has 0 spiro atoms. The molecule has 0 saturated carbocycles. The smallest absolute Gasteiger partial charge is 0.258 e. The fourth-order valence-electron chi connectivity index (χ4n) is 3.73. The number of ether oxygens (including phenoxy) is 1. The van der Waals surface area contributed by atoms with E-state index in [2.05, 4.69) is 16.7 Å². The van der Waals surface area contributed by atoms with E-state index in [1.807, 2.05) is 14.1 Å². The van der Waals surface area contributed by atoms with Crippen molar-refractivity contribution in [1.82, 2.24) is 4.90 Å². The number of unbranched alkanes of at least 4 members (excludes halogenated alkanes) is 1. The number of halogens is 2. The van der Waals surface area contributed by atoms with E-state index in [9.17, 15) is 9.18 Å². The standard InChI is InChI=1S/C24H31ClFN3O2/c1-5-6-13-31-23-10-7-17(14-20(23)25)24(30)28(4)18-8-9-22(21(26)15-18)29-12-11-19(16-29)27(2)3/h7-10,14-15,19H,5-6,11-13,16H2,1-4H3. The second-order valence-electron chi connectivity index (χ2n) is 8.20. The Labute approximate surface area is 189 Å². The second-order valence-corrected chi connectivity index (χ2v) is 8.61. The van der Waals surface area contributed by atoms with Crippen molar-refractivity contribution >= 4 is 28.9 Å². The number of hydrogen-bond acceptors (Lipinski definition) is 4. The number of carbonyl (C=O) groups is 1. The molecule has 1 aliphatic rings. The van der Waals surface area contributed by atoms with Gasteiger partial charge in [-0.15, -0.1) is 0 Å². The zero-order valence-corrected chi connectivity index (χ0v) is 19.5. The van der Waals surface area contributed by atoms with E-state index in [0.29, 0.717) is 40.4 Å². The van der Waals surface area contributed by atoms with Crippen LogP contribution in [0.2, 0.25) is 5.02 Å². The monoisotopic (exact) mass is 447 g/mol. The van der Waals surface area contributed by atoms with Crippen molar-refractivity contribution in [3.63, 3.8) is 0 Å². The Bertz CT molecular complexity index is 922. The molecule has 1 atom stereocenters. The number of hydrogen-bond donors (Lipinski definition) is 0. The van der Waals surface area contributed by atoms with E-state index < -0.39 is 0 Å². The highest BCUT2D eigenvalue weighted by Gasteiger charge is 2.26. The van der Waals surface area contributed by atoms with Crippen LogP contribution in [0.1, 0.15) is 36.5 Å². The lowest BCUT2D eigenvalue weighted by molar-refractivity contribution is 0.0993. The molecule has 0 N–H and O–H groups in total. The summed E-state index contributed by atoms with van der Waals surface area (Å²) >= 11 is 6.29. The largest absolute Gasteiger partial charge is 0.492 e. The van der Waals surface area contributed by atoms with Crippen molar-refractivity contribution in [2.75, 3.05) is 50.6 Å². The lowest BCUT2D eigenvalue weighted by Gasteiger charge is -2.24. The second kappa shape index (κ2) is 10.3. The zero-order valence-electron chi connectivity index (χ0n) is 18.7. The number of carbonyl (C=O) groups excluding carboxylic acids is 1. The summed E-state index contributed by atoms with van der Waals surface area (Å²) in [5.74, 6) is -0.0244. The van der Waals surface area contributed by atoms with Gasteiger partial charge in [-0.05, 0) is 63.3 Å². The molecule has 1 unspecified atom stereocenters. The summed E-state index contributed by atoms with van der Waals surface area (Å²) in [7, 11) is 5.73. The van der Waals surface area contributed by atoms with Crippen LogP contribution in [-0.4, -0.2) is 57.7 Å². The van der Waals surface area contributed by atoms with Crippen LogP contribution >= 0.6 is 11.6 Å². The van der Waals surface area contributed by atoms with Crippen LogP contribution in [0, 0.1) is 5.82 Å². The molecule has 1 heterocycles. The first-order valence-electron chi connectivity index (χ1n) is 10.7. The van der Waals surface area contributed by atoms with Crippen LogP contribution in [0.25, 0.3) is 0 Å². The van der Waals surface area contributed by atoms with Crippen LogP contribution in [0.5, 0.6) is 5.75 Å². The molecule has 31 heavy (non-hydrogen) atoms. The molecule has 1 aliphatic heterocycles. The molecular formula is C24H31ClFN3O2. The summed E-state index contributed by atoms with van der Waals surface area (Å²) in [6, 6.07) is 10.4. The molecule has 2 aromatic rings. The Hall–Kier alpha value is -2.31. The van der Waals surface area contributed by atoms with Gasteiger partial charge in [0.25, 0.3) is 5.91 Å². The summed E-state index contributed by atoms with van der Waals surface area (Å²) in [5, 5.41) is 0.390. The van der Waals surface area contributed by atoms with Crippen molar-refractivity contribution in [1.29, 1.82) is 0 Å². The molecule has 0 aromatic heterocycles. The van der Waals surface area contributed by atoms with Crippen molar-refractivity contribution < 1.29 is 13.9 Å². The van der Waals surface area contributed by atoms with Gasteiger partial charge in [0.2, 0.25) is 0 Å². The Balaban J connectivity index is 1.71. The Morgan fingerprint density at radius 1 is 1.23 bits per heavy atom. The first-order valence-corrected chi connectivity index (χ1v) is 11.1. The van der Waals surface area contributed by atoms with Crippen molar-refractivity contribution in [3.05, 3.63) is 52.8 Å². The molecule has 168 valence electrons. The highest BCUT2D eigenvalue weighted by atomic mass is 35.5. The molecule has 1 fully saturated rings. The number of nitrogens with zero attached hydrogens (tertiary/aromatic N) is 3. The van der Waals surface area contributed by atoms with Gasteiger partial charge in [0.05, 0.1) is 17.3 Å². The molecule has 5 nitrogen and oxygen atoms in total. The van der Waals surface area contributed by atoms with Crippen molar-refractivity contribution in [2.24, 2.45) is 0 Å². The highest BCUT2D eigenvalue weighted by molar-refractivity contribution is 6.32. The van der Waals surface area contributed by atoms with E-state index in [1.54, 1.807) is 37.4 Å². The summed E-state index contributed by atoms with van der Waals surface area (Å²) in [6.07, 6.45) is 2.97. The fourth-order valence-corrected chi connectivity index (χ4v) is 3.97. The minimum absolute atomic E-state index is 0.261. The van der Waals surface area contributed by atoms with Crippen LogP contribution < -0.4 is 14.5 Å². The summed E-state index contributed by atoms with van der Waals surface area (Å²) in [5.41, 5.74) is 1.49. The minimum Gasteiger partial charge on any atom is -0.492 e. The van der Waals surface area contributed by atoms with Gasteiger partial charge in [-0.1, -0.05) is 24.9 Å². The number of likely N-dealkylation sites (N-methyl/N-ethyl adjacent to an activating group) is 1. The Kier molecular flexibility index (Phi) is 7.79. The van der Waals surface area contributed by atoms with E-state index in [4.69, 9.17) is 16.3 Å². The van der Waals surface area contributed by atoms with Gasteiger partial charge in [-0.2, -0.15) is 0 Å². The molecule has 0 bridgehead atoms. The van der Waals surface area contributed by atoms with Gasteiger partial charge in [-0.3, -0.25) is 4.79 Å². The average molecular weight is 448 g/mol. The predicted octanol–water partition coefficient (Wildman–Crippen LogP) is 5.07. The normalized spacial score (nSPS) is 16.1. The third kappa shape index (κ3) is 5.49. The maximum absolute atomic E-state index is 14.9. The quantitative estimate of drug-likeness (QED) is 0.529. The highest BCUT2D eigenvalue weighted by Crippen LogP contribution is 2.30. The van der Waals surface area contributed by atoms with Crippen LogP contribution in [0.3, 0.4) is 0 Å². The van der Waals surface area contributed by atoms with Crippen LogP contribution in [0.4, 0.5) is 15.8 Å². The zero-order chi connectivity index (χ0) is 22.5. The van der Waals surface area contributed by atoms with E-state index in [-0.39, 0.29) is 11.7 Å². The van der Waals surface area contributed by atoms with Gasteiger partial charge in [-0.25, -0.2) is 4.39 Å². The Morgan fingerprint density at radius 3 is 2.61 bits per heavy atom. The lowest BCUT2D eigenvalue weighted by Crippen LogP contribution is -2.31. The van der Waals surface area contributed by atoms with Gasteiger partial charge < -0.3 is 19.4 Å². The van der Waals surface area contributed by atoms with Crippen molar-refractivity contribution in [3.8, 4) is 5.75 Å². The van der Waals surface area contributed by atoms with E-state index in [1.165, 1.54) is 11.0 Å². The SMILES string of the molecule is CCCCOc1ccc(C(=O)N(C)c2ccc(N3CCC(N(C)C)C3)c(F)c2)cc1Cl. The summed E-state index contributed by atoms with van der Waals surface area (Å²) in [6.45, 7) is 4.28. The number of rotatable bonds is 8. The maximum atomic E-state index is 14.9. The lowest BCUT2D eigenvalue weighted by atomic mass is 10.1. The van der Waals surface area contributed by atoms with E-state index in [0.717, 1.165) is 32.4 Å². The van der Waals surface area contributed by atoms with Gasteiger partial charge >= 0.3 is 0 Å². The molecule has 0 aliphatic carbocycles. The first kappa shape index (κ1) is 23.4. The third-order valence-electron chi connectivity index (χ3n) is 5.79. The topological polar surface area (TPSA) is 36.0 Å². The molecule has 1 amide bonds. The van der Waals surface area contributed by atoms with Gasteiger partial charge in [0.1, 0.15) is 11.6 Å². The maximum Gasteiger partial charge on any atom is 0.258 e. The van der Waals surface area contributed by atoms with Crippen LogP contribution in [0.15, 0.2) is 36.4 Å². The predicted molar refractivity (Wildman–Crippen MR) is 125 cm³/mol. The third-order valence-corrected chi connectivity index (χ3v) is 6.09. The van der Waals surface area contributed by atoms with Gasteiger partial charge in [0.15, 0.2) is 0 Å². The number of benzene rings is 2. The molecule has 3 rings (SSSR count). The Morgan fingerprint density at radius 2 is 2.00 bits per heavy atom. The number of amides is 1. The fraction of sp³-hybridized carbons (Fsp3) is 0.458. The molecular weight excluding hydrogens is 417 g/mol. The average Bonchev–Trinajstić information content (AvgIpc) is 3.24. The molecule has 0 radical (unpaired) electrons. The van der Waals surface area contributed by atoms with Gasteiger partial charge in [0, 0.05) is 37.4 Å². The first-order chi connectivity index (χ1) is 14.8. The molecule has 7 heteroatoms. The number of anilines is 2. The minimum atomic E-state index is -0.325. The summed E-state index contributed by atoms with van der Waals surface area (Å²) < 4.78 is 20.5. The van der Waals surface area contributed by atoms with E-state index >= 15 is 0 Å².